The molecule has 0 unspecified atom stereocenters. The molecule has 37 heavy (non-hydrogen) atoms. The molecule has 0 aliphatic carbocycles. The van der Waals surface area contributed by atoms with Gasteiger partial charge in [0, 0.05) is 24.8 Å². The molecule has 1 N–H and O–H groups in total. The molecule has 0 spiro atoms. The van der Waals surface area contributed by atoms with Gasteiger partial charge in [0.15, 0.2) is 0 Å². The summed E-state index contributed by atoms with van der Waals surface area (Å²) in [7, 11) is 1.51. The molecule has 0 amide bonds. The second kappa shape index (κ2) is 9.45. The lowest BCUT2D eigenvalue weighted by Crippen LogP contribution is -2.57. The van der Waals surface area contributed by atoms with Gasteiger partial charge in [0.25, 0.3) is 6.43 Å². The quantitative estimate of drug-likeness (QED) is 0.400. The van der Waals surface area contributed by atoms with E-state index in [1.54, 1.807) is 22.8 Å². The van der Waals surface area contributed by atoms with Gasteiger partial charge in [0.05, 0.1) is 37.9 Å². The molecule has 10 nitrogen and oxygen atoms in total. The highest BCUT2D eigenvalue weighted by atomic mass is 19.3. The number of nitrogens with one attached hydrogen (secondary N) is 1. The minimum atomic E-state index is -2.58. The number of anilines is 1. The van der Waals surface area contributed by atoms with E-state index in [1.807, 2.05) is 12.1 Å². The first-order chi connectivity index (χ1) is 17.9. The summed E-state index contributed by atoms with van der Waals surface area (Å²) in [6.45, 7) is 3.84. The second-order valence-electron chi connectivity index (χ2n) is 9.52. The standard InChI is InChI=1S/C24H27F3N8O2/c1-13(22(26)27)35-20-9-14(3-4-19(20)30-32-35)16-5-8-34-21(16)23(36-2)29-24(31-34)28-18-6-7-33(10-17(18)25)15-11-37-12-15/h3-5,8-9,13,15,17-18,22H,6-7,10-12H2,1-2H3,(H,28,31)/t13-,17-,18-/m1/s1. The van der Waals surface area contributed by atoms with Gasteiger partial charge in [0.1, 0.15) is 23.2 Å². The number of ether oxygens (including phenoxy) is 2. The summed E-state index contributed by atoms with van der Waals surface area (Å²) in [5.41, 5.74) is 3.12. The van der Waals surface area contributed by atoms with Gasteiger partial charge in [-0.15, -0.1) is 10.2 Å². The van der Waals surface area contributed by atoms with Gasteiger partial charge in [-0.05, 0) is 37.1 Å². The summed E-state index contributed by atoms with van der Waals surface area (Å²) < 4.78 is 55.3. The van der Waals surface area contributed by atoms with Crippen LogP contribution in [0.1, 0.15) is 19.4 Å². The van der Waals surface area contributed by atoms with Crippen molar-refractivity contribution >= 4 is 22.5 Å². The molecule has 5 heterocycles. The van der Waals surface area contributed by atoms with Crippen LogP contribution in [-0.4, -0.2) is 92.6 Å². The Labute approximate surface area is 210 Å². The number of likely N-dealkylation sites (tertiary alicyclic amines) is 1. The van der Waals surface area contributed by atoms with Crippen LogP contribution >= 0.6 is 0 Å². The summed E-state index contributed by atoms with van der Waals surface area (Å²) in [6, 6.07) is 5.96. The van der Waals surface area contributed by atoms with Gasteiger partial charge >= 0.3 is 0 Å². The van der Waals surface area contributed by atoms with Gasteiger partial charge in [-0.3, -0.25) is 4.90 Å². The van der Waals surface area contributed by atoms with Gasteiger partial charge < -0.3 is 14.8 Å². The Balaban J connectivity index is 1.29. The molecule has 3 aromatic heterocycles. The molecule has 0 bridgehead atoms. The lowest BCUT2D eigenvalue weighted by molar-refractivity contribution is -0.0794. The van der Waals surface area contributed by atoms with E-state index in [0.717, 1.165) is 17.7 Å². The van der Waals surface area contributed by atoms with E-state index >= 15 is 0 Å². The van der Waals surface area contributed by atoms with Gasteiger partial charge in [-0.2, -0.15) is 4.98 Å². The summed E-state index contributed by atoms with van der Waals surface area (Å²) in [4.78, 5) is 6.65. The van der Waals surface area contributed by atoms with Crippen LogP contribution in [0, 0.1) is 0 Å². The normalized spacial score (nSPS) is 22.0. The number of benzene rings is 1. The molecule has 2 saturated heterocycles. The Hall–Kier alpha value is -3.45. The lowest BCUT2D eigenvalue weighted by Gasteiger charge is -2.42. The minimum absolute atomic E-state index is 0.267. The zero-order chi connectivity index (χ0) is 25.7. The zero-order valence-electron chi connectivity index (χ0n) is 20.4. The Morgan fingerprint density at radius 1 is 1.22 bits per heavy atom. The SMILES string of the molecule is COc1nc(N[C@@H]2CCN(C3COC3)C[C@H]2F)nn2ccc(-c3ccc4nnn([C@H](C)C(F)F)c4c3)c12. The predicted octanol–water partition coefficient (Wildman–Crippen LogP) is 3.20. The molecular formula is C24H27F3N8O2. The number of rotatable bonds is 7. The molecule has 3 atom stereocenters. The maximum atomic E-state index is 15.0. The fourth-order valence-corrected chi connectivity index (χ4v) is 4.96. The van der Waals surface area contributed by atoms with E-state index in [0.29, 0.717) is 54.7 Å². The molecular weight excluding hydrogens is 489 g/mol. The topological polar surface area (TPSA) is 94.6 Å². The summed E-state index contributed by atoms with van der Waals surface area (Å²) >= 11 is 0. The number of hydrogen-bond donors (Lipinski definition) is 1. The number of aromatic nitrogens is 6. The van der Waals surface area contributed by atoms with Gasteiger partial charge in [-0.25, -0.2) is 22.4 Å². The van der Waals surface area contributed by atoms with Crippen molar-refractivity contribution in [2.24, 2.45) is 0 Å². The fourth-order valence-electron chi connectivity index (χ4n) is 4.96. The first-order valence-electron chi connectivity index (χ1n) is 12.2. The van der Waals surface area contributed by atoms with Crippen molar-refractivity contribution in [2.45, 2.75) is 44.1 Å². The maximum absolute atomic E-state index is 15.0. The molecule has 2 fully saturated rings. The third-order valence-electron chi connectivity index (χ3n) is 7.23. The summed E-state index contributed by atoms with van der Waals surface area (Å²) in [5.74, 6) is 0.577. The van der Waals surface area contributed by atoms with E-state index in [1.165, 1.54) is 18.7 Å². The molecule has 196 valence electrons. The smallest absolute Gasteiger partial charge is 0.260 e. The Kier molecular flexibility index (Phi) is 6.11. The number of piperidine rings is 1. The average Bonchev–Trinajstić information content (AvgIpc) is 3.47. The first-order valence-corrected chi connectivity index (χ1v) is 12.2. The van der Waals surface area contributed by atoms with Crippen LogP contribution in [0.3, 0.4) is 0 Å². The molecule has 0 radical (unpaired) electrons. The molecule has 6 rings (SSSR count). The van der Waals surface area contributed by atoms with Crippen LogP contribution in [0.2, 0.25) is 0 Å². The predicted molar refractivity (Wildman–Crippen MR) is 130 cm³/mol. The van der Waals surface area contributed by atoms with E-state index in [4.69, 9.17) is 9.47 Å². The lowest BCUT2D eigenvalue weighted by atomic mass is 10.0. The van der Waals surface area contributed by atoms with Gasteiger partial charge in [0.2, 0.25) is 11.8 Å². The van der Waals surface area contributed by atoms with Crippen LogP contribution in [0.4, 0.5) is 19.1 Å². The molecule has 1 aromatic carbocycles. The second-order valence-corrected chi connectivity index (χ2v) is 9.52. The largest absolute Gasteiger partial charge is 0.479 e. The fraction of sp³-hybridized carbons (Fsp3) is 0.500. The van der Waals surface area contributed by atoms with Crippen molar-refractivity contribution in [3.8, 4) is 17.0 Å². The first kappa shape index (κ1) is 23.9. The van der Waals surface area contributed by atoms with Crippen molar-refractivity contribution in [1.29, 1.82) is 0 Å². The van der Waals surface area contributed by atoms with E-state index < -0.39 is 24.7 Å². The number of alkyl halides is 3. The van der Waals surface area contributed by atoms with E-state index in [9.17, 15) is 13.2 Å². The third kappa shape index (κ3) is 4.25. The van der Waals surface area contributed by atoms with E-state index in [2.05, 4.69) is 30.6 Å². The third-order valence-corrected chi connectivity index (χ3v) is 7.23. The maximum Gasteiger partial charge on any atom is 0.260 e. The minimum Gasteiger partial charge on any atom is -0.479 e. The molecule has 2 aliphatic rings. The molecule has 4 aromatic rings. The Morgan fingerprint density at radius 2 is 2.05 bits per heavy atom. The number of hydrogen-bond acceptors (Lipinski definition) is 8. The van der Waals surface area contributed by atoms with Crippen molar-refractivity contribution in [1.82, 2.24) is 34.5 Å². The van der Waals surface area contributed by atoms with Crippen LogP contribution in [0.15, 0.2) is 30.5 Å². The number of nitrogens with zero attached hydrogens (tertiary/aromatic N) is 7. The number of methoxy groups -OCH3 is 1. The zero-order valence-corrected chi connectivity index (χ0v) is 20.4. The van der Waals surface area contributed by atoms with E-state index in [-0.39, 0.29) is 5.95 Å². The molecule has 0 saturated carbocycles. The molecule has 2 aliphatic heterocycles. The summed E-state index contributed by atoms with van der Waals surface area (Å²) in [6.07, 6.45) is -1.27. The monoisotopic (exact) mass is 516 g/mol. The average molecular weight is 517 g/mol. The number of halogens is 3. The van der Waals surface area contributed by atoms with Crippen LogP contribution in [0.25, 0.3) is 27.7 Å². The highest BCUT2D eigenvalue weighted by Gasteiger charge is 2.35. The Morgan fingerprint density at radius 3 is 2.76 bits per heavy atom. The number of fused-ring (bicyclic) bond motifs is 2. The van der Waals surface area contributed by atoms with Crippen LogP contribution in [0.5, 0.6) is 5.88 Å². The highest BCUT2D eigenvalue weighted by molar-refractivity contribution is 5.89. The molecule has 13 heteroatoms. The Bertz CT molecular complexity index is 1420. The van der Waals surface area contributed by atoms with Crippen LogP contribution < -0.4 is 10.1 Å². The summed E-state index contributed by atoms with van der Waals surface area (Å²) in [5, 5.41) is 15.6. The van der Waals surface area contributed by atoms with Crippen molar-refractivity contribution < 1.29 is 22.6 Å². The van der Waals surface area contributed by atoms with Crippen molar-refractivity contribution in [2.75, 3.05) is 38.7 Å². The van der Waals surface area contributed by atoms with Crippen molar-refractivity contribution in [3.63, 3.8) is 0 Å². The van der Waals surface area contributed by atoms with Crippen LogP contribution in [-0.2, 0) is 4.74 Å². The van der Waals surface area contributed by atoms with Crippen molar-refractivity contribution in [3.05, 3.63) is 30.5 Å². The van der Waals surface area contributed by atoms with Gasteiger partial charge in [-0.1, -0.05) is 11.3 Å². The highest BCUT2D eigenvalue weighted by Crippen LogP contribution is 2.34.